The van der Waals surface area contributed by atoms with Gasteiger partial charge in [-0.3, -0.25) is 4.57 Å². The van der Waals surface area contributed by atoms with Gasteiger partial charge in [-0.2, -0.15) is 0 Å². The summed E-state index contributed by atoms with van der Waals surface area (Å²) in [6, 6.07) is 21.5. The standard InChI is InChI=1S/C29H29Cl2N5O3/c30-21-1-10-27(28(31)17-21)29(36-12-11-33-20-36)38-19-26(39-29)18-37-25-8-6-24(7-9-25)35-15-13-34(14-16-35)23-4-2-22(32)3-5-23/h1-12,17,20,26H,13-16,18-19,32H2/t26-,29+/m1/s1. The predicted octanol–water partition coefficient (Wildman–Crippen LogP) is 5.25. The molecule has 0 saturated carbocycles. The first-order valence-corrected chi connectivity index (χ1v) is 13.6. The Hall–Kier alpha value is -3.43. The zero-order chi connectivity index (χ0) is 26.8. The third-order valence-electron chi connectivity index (χ3n) is 7.08. The van der Waals surface area contributed by atoms with Gasteiger partial charge in [-0.05, 0) is 66.7 Å². The minimum atomic E-state index is -1.25. The Kier molecular flexibility index (Phi) is 7.27. The van der Waals surface area contributed by atoms with Crippen molar-refractivity contribution in [1.82, 2.24) is 9.55 Å². The molecule has 2 aliphatic rings. The maximum Gasteiger partial charge on any atom is 0.287 e. The summed E-state index contributed by atoms with van der Waals surface area (Å²) in [5, 5.41) is 0.984. The molecule has 202 valence electrons. The highest BCUT2D eigenvalue weighted by molar-refractivity contribution is 6.35. The van der Waals surface area contributed by atoms with Crippen molar-refractivity contribution in [1.29, 1.82) is 0 Å². The zero-order valence-corrected chi connectivity index (χ0v) is 22.8. The van der Waals surface area contributed by atoms with Crippen molar-refractivity contribution in [3.05, 3.63) is 101 Å². The number of rotatable bonds is 7. The SMILES string of the molecule is Nc1ccc(N2CCN(c3ccc(OC[C@@H]4CO[C@](c5ccc(Cl)cc5Cl)(n5ccnc5)O4)cc3)CC2)cc1. The fourth-order valence-electron chi connectivity index (χ4n) is 5.03. The topological polar surface area (TPSA) is 78.0 Å². The van der Waals surface area contributed by atoms with Gasteiger partial charge in [0.2, 0.25) is 0 Å². The summed E-state index contributed by atoms with van der Waals surface area (Å²) in [7, 11) is 0. The van der Waals surface area contributed by atoms with Crippen molar-refractivity contribution >= 4 is 40.3 Å². The number of hydrogen-bond acceptors (Lipinski definition) is 7. The molecule has 2 N–H and O–H groups in total. The molecule has 4 aromatic rings. The lowest BCUT2D eigenvalue weighted by molar-refractivity contribution is -0.200. The Morgan fingerprint density at radius 1 is 0.923 bits per heavy atom. The first-order chi connectivity index (χ1) is 19.0. The maximum atomic E-state index is 6.54. The summed E-state index contributed by atoms with van der Waals surface area (Å²) in [6.07, 6.45) is 4.77. The van der Waals surface area contributed by atoms with Crippen molar-refractivity contribution in [2.75, 3.05) is 54.9 Å². The third-order valence-corrected chi connectivity index (χ3v) is 7.63. The van der Waals surface area contributed by atoms with Crippen LogP contribution in [0, 0.1) is 0 Å². The van der Waals surface area contributed by atoms with Crippen LogP contribution in [0.4, 0.5) is 17.1 Å². The fraction of sp³-hybridized carbons (Fsp3) is 0.276. The van der Waals surface area contributed by atoms with Gasteiger partial charge in [0, 0.05) is 60.7 Å². The van der Waals surface area contributed by atoms with Crippen molar-refractivity contribution in [3.8, 4) is 5.75 Å². The van der Waals surface area contributed by atoms with Gasteiger partial charge in [0.1, 0.15) is 18.5 Å². The molecule has 2 aliphatic heterocycles. The number of imidazole rings is 1. The molecule has 0 unspecified atom stereocenters. The van der Waals surface area contributed by atoms with E-state index in [1.54, 1.807) is 35.4 Å². The Balaban J connectivity index is 1.06. The molecule has 2 fully saturated rings. The Labute approximate surface area is 237 Å². The smallest absolute Gasteiger partial charge is 0.287 e. The van der Waals surface area contributed by atoms with E-state index >= 15 is 0 Å². The van der Waals surface area contributed by atoms with E-state index < -0.39 is 5.91 Å². The molecule has 2 atom stereocenters. The molecular formula is C29H29Cl2N5O3. The van der Waals surface area contributed by atoms with Crippen LogP contribution >= 0.6 is 23.2 Å². The molecule has 39 heavy (non-hydrogen) atoms. The van der Waals surface area contributed by atoms with Crippen molar-refractivity contribution in [2.24, 2.45) is 0 Å². The molecule has 6 rings (SSSR count). The van der Waals surface area contributed by atoms with E-state index in [-0.39, 0.29) is 6.10 Å². The quantitative estimate of drug-likeness (QED) is 0.306. The summed E-state index contributed by atoms with van der Waals surface area (Å²) in [6.45, 7) is 4.45. The molecule has 1 aromatic heterocycles. The first kappa shape index (κ1) is 25.8. The number of halogens is 2. The van der Waals surface area contributed by atoms with Crippen LogP contribution in [0.25, 0.3) is 0 Å². The van der Waals surface area contributed by atoms with E-state index in [2.05, 4.69) is 39.0 Å². The van der Waals surface area contributed by atoms with Gasteiger partial charge in [0.05, 0.1) is 23.5 Å². The zero-order valence-electron chi connectivity index (χ0n) is 21.2. The van der Waals surface area contributed by atoms with Crippen LogP contribution in [0.5, 0.6) is 5.75 Å². The molecule has 0 amide bonds. The molecule has 0 spiro atoms. The summed E-state index contributed by atoms with van der Waals surface area (Å²) in [4.78, 5) is 8.94. The second-order valence-corrected chi connectivity index (χ2v) is 10.4. The molecule has 10 heteroatoms. The highest BCUT2D eigenvalue weighted by Gasteiger charge is 2.46. The Bertz CT molecular complexity index is 1390. The second-order valence-electron chi connectivity index (χ2n) is 9.60. The molecule has 2 saturated heterocycles. The van der Waals surface area contributed by atoms with Crippen LogP contribution in [-0.4, -0.2) is 55.0 Å². The maximum absolute atomic E-state index is 6.54. The van der Waals surface area contributed by atoms with Gasteiger partial charge in [-0.1, -0.05) is 23.2 Å². The predicted molar refractivity (Wildman–Crippen MR) is 154 cm³/mol. The highest BCUT2D eigenvalue weighted by Crippen LogP contribution is 2.40. The van der Waals surface area contributed by atoms with Crippen LogP contribution in [0.2, 0.25) is 10.0 Å². The average molecular weight is 566 g/mol. The number of anilines is 3. The molecule has 3 aromatic carbocycles. The molecular weight excluding hydrogens is 537 g/mol. The molecule has 0 radical (unpaired) electrons. The molecule has 3 heterocycles. The summed E-state index contributed by atoms with van der Waals surface area (Å²) in [5.41, 5.74) is 9.65. The van der Waals surface area contributed by atoms with Crippen LogP contribution in [0.3, 0.4) is 0 Å². The third kappa shape index (κ3) is 5.38. The number of nitrogen functional groups attached to an aromatic ring is 1. The molecule has 0 aliphatic carbocycles. The van der Waals surface area contributed by atoms with Gasteiger partial charge in [0.25, 0.3) is 5.91 Å². The number of nitrogens with zero attached hydrogens (tertiary/aromatic N) is 4. The van der Waals surface area contributed by atoms with E-state index in [1.807, 2.05) is 30.3 Å². The number of ether oxygens (including phenoxy) is 3. The van der Waals surface area contributed by atoms with E-state index in [4.69, 9.17) is 43.1 Å². The van der Waals surface area contributed by atoms with Crippen LogP contribution in [0.1, 0.15) is 5.56 Å². The number of nitrogens with two attached hydrogens (primary N) is 1. The first-order valence-electron chi connectivity index (χ1n) is 12.8. The van der Waals surface area contributed by atoms with Crippen LogP contribution in [-0.2, 0) is 15.4 Å². The largest absolute Gasteiger partial charge is 0.491 e. The second kappa shape index (κ2) is 11.0. The van der Waals surface area contributed by atoms with E-state index in [0.717, 1.165) is 37.6 Å². The van der Waals surface area contributed by atoms with Gasteiger partial charge in [-0.25, -0.2) is 4.98 Å². The minimum Gasteiger partial charge on any atom is -0.491 e. The number of aromatic nitrogens is 2. The lowest BCUT2D eigenvalue weighted by Gasteiger charge is -2.37. The number of benzene rings is 3. The average Bonchev–Trinajstić information content (AvgIpc) is 3.64. The van der Waals surface area contributed by atoms with Crippen molar-refractivity contribution in [2.45, 2.75) is 12.0 Å². The Morgan fingerprint density at radius 2 is 1.59 bits per heavy atom. The summed E-state index contributed by atoms with van der Waals surface area (Å²) in [5.74, 6) is -0.475. The van der Waals surface area contributed by atoms with Crippen molar-refractivity contribution < 1.29 is 14.2 Å². The minimum absolute atomic E-state index is 0.319. The summed E-state index contributed by atoms with van der Waals surface area (Å²) < 4.78 is 20.5. The molecule has 8 nitrogen and oxygen atoms in total. The van der Waals surface area contributed by atoms with Crippen molar-refractivity contribution in [3.63, 3.8) is 0 Å². The van der Waals surface area contributed by atoms with Gasteiger partial charge in [-0.15, -0.1) is 0 Å². The Morgan fingerprint density at radius 3 is 2.21 bits per heavy atom. The highest BCUT2D eigenvalue weighted by atomic mass is 35.5. The monoisotopic (exact) mass is 565 g/mol. The van der Waals surface area contributed by atoms with Gasteiger partial charge >= 0.3 is 0 Å². The van der Waals surface area contributed by atoms with Gasteiger partial charge < -0.3 is 29.7 Å². The summed E-state index contributed by atoms with van der Waals surface area (Å²) >= 11 is 12.7. The number of piperazine rings is 1. The lowest BCUT2D eigenvalue weighted by atomic mass is 10.1. The lowest BCUT2D eigenvalue weighted by Crippen LogP contribution is -2.46. The normalized spacial score (nSPS) is 21.3. The van der Waals surface area contributed by atoms with Crippen LogP contribution < -0.4 is 20.3 Å². The molecule has 0 bridgehead atoms. The van der Waals surface area contributed by atoms with E-state index in [9.17, 15) is 0 Å². The number of hydrogen-bond donors (Lipinski definition) is 1. The fourth-order valence-corrected chi connectivity index (χ4v) is 5.55. The van der Waals surface area contributed by atoms with Gasteiger partial charge in [0.15, 0.2) is 0 Å². The van der Waals surface area contributed by atoms with E-state index in [1.165, 1.54) is 11.4 Å². The van der Waals surface area contributed by atoms with E-state index in [0.29, 0.717) is 28.8 Å². The van der Waals surface area contributed by atoms with Crippen LogP contribution in [0.15, 0.2) is 85.5 Å².